The van der Waals surface area contributed by atoms with Crippen LogP contribution in [0.5, 0.6) is 5.75 Å². The number of carboxylic acid groups (broad SMARTS) is 2. The number of hydrogen-bond donors (Lipinski definition) is 3. The molecular formula is C13H14FNO6. The van der Waals surface area contributed by atoms with Crippen LogP contribution in [-0.4, -0.2) is 40.2 Å². The Morgan fingerprint density at radius 3 is 2.43 bits per heavy atom. The Morgan fingerprint density at radius 2 is 1.90 bits per heavy atom. The second-order valence-electron chi connectivity index (χ2n) is 4.19. The summed E-state index contributed by atoms with van der Waals surface area (Å²) >= 11 is 0. The molecule has 1 aromatic carbocycles. The summed E-state index contributed by atoms with van der Waals surface area (Å²) in [7, 11) is 0. The molecule has 0 fully saturated rings. The summed E-state index contributed by atoms with van der Waals surface area (Å²) in [6, 6.07) is 3.82. The van der Waals surface area contributed by atoms with E-state index in [1.54, 1.807) is 0 Å². The molecule has 1 unspecified atom stereocenters. The standard InChI is InChI=1S/C13H14FNO6/c1-7(21-10-5-3-2-4-8(10)14)12(18)15-9(13(19)20)6-11(16)17/h2-5,7,9H,6H2,1H3,(H,15,18)(H,16,17)(H,19,20)/t7?,9-/m1/s1. The smallest absolute Gasteiger partial charge is 0.326 e. The van der Waals surface area contributed by atoms with E-state index in [-0.39, 0.29) is 5.75 Å². The molecule has 114 valence electrons. The van der Waals surface area contributed by atoms with E-state index in [0.29, 0.717) is 0 Å². The van der Waals surface area contributed by atoms with Crippen LogP contribution < -0.4 is 10.1 Å². The maximum atomic E-state index is 13.3. The van der Waals surface area contributed by atoms with E-state index in [4.69, 9.17) is 14.9 Å². The zero-order valence-corrected chi connectivity index (χ0v) is 11.1. The fourth-order valence-electron chi connectivity index (χ4n) is 1.45. The molecule has 0 saturated heterocycles. The Morgan fingerprint density at radius 1 is 1.29 bits per heavy atom. The van der Waals surface area contributed by atoms with Gasteiger partial charge in [0, 0.05) is 0 Å². The van der Waals surface area contributed by atoms with Crippen LogP contribution in [0.15, 0.2) is 24.3 Å². The first-order chi connectivity index (χ1) is 9.81. The fraction of sp³-hybridized carbons (Fsp3) is 0.308. The molecule has 0 aliphatic rings. The SMILES string of the molecule is CC(Oc1ccccc1F)C(=O)N[C@H](CC(=O)O)C(=O)O. The number of carbonyl (C=O) groups excluding carboxylic acids is 1. The molecule has 0 bridgehead atoms. The van der Waals surface area contributed by atoms with Crippen molar-refractivity contribution < 1.29 is 33.7 Å². The van der Waals surface area contributed by atoms with Gasteiger partial charge in [-0.1, -0.05) is 12.1 Å². The van der Waals surface area contributed by atoms with Crippen LogP contribution in [-0.2, 0) is 14.4 Å². The van der Waals surface area contributed by atoms with Gasteiger partial charge < -0.3 is 20.3 Å². The van der Waals surface area contributed by atoms with Crippen molar-refractivity contribution >= 4 is 17.8 Å². The lowest BCUT2D eigenvalue weighted by Gasteiger charge is -2.18. The molecule has 2 atom stereocenters. The average Bonchev–Trinajstić information content (AvgIpc) is 2.39. The Labute approximate surface area is 119 Å². The quantitative estimate of drug-likeness (QED) is 0.681. The van der Waals surface area contributed by atoms with Gasteiger partial charge in [0.25, 0.3) is 5.91 Å². The largest absolute Gasteiger partial charge is 0.481 e. The van der Waals surface area contributed by atoms with Crippen LogP contribution in [0.4, 0.5) is 4.39 Å². The van der Waals surface area contributed by atoms with E-state index in [2.05, 4.69) is 0 Å². The van der Waals surface area contributed by atoms with Crippen molar-refractivity contribution in [3.8, 4) is 5.75 Å². The first-order valence-electron chi connectivity index (χ1n) is 5.97. The minimum atomic E-state index is -1.58. The number of halogens is 1. The van der Waals surface area contributed by atoms with Crippen LogP contribution in [0.2, 0.25) is 0 Å². The third-order valence-corrected chi connectivity index (χ3v) is 2.50. The van der Waals surface area contributed by atoms with Gasteiger partial charge in [-0.2, -0.15) is 0 Å². The van der Waals surface area contributed by atoms with Crippen LogP contribution >= 0.6 is 0 Å². The molecule has 1 aromatic rings. The van der Waals surface area contributed by atoms with Crippen molar-refractivity contribution in [2.45, 2.75) is 25.5 Å². The van der Waals surface area contributed by atoms with Gasteiger partial charge in [-0.15, -0.1) is 0 Å². The summed E-state index contributed by atoms with van der Waals surface area (Å²) in [6.45, 7) is 1.29. The number of benzene rings is 1. The van der Waals surface area contributed by atoms with E-state index in [9.17, 15) is 18.8 Å². The predicted molar refractivity (Wildman–Crippen MR) is 68.3 cm³/mol. The summed E-state index contributed by atoms with van der Waals surface area (Å²) in [5.74, 6) is -4.54. The van der Waals surface area contributed by atoms with Gasteiger partial charge in [0.15, 0.2) is 17.7 Å². The second kappa shape index (κ2) is 7.22. The van der Waals surface area contributed by atoms with Gasteiger partial charge in [0.2, 0.25) is 0 Å². The Hall–Kier alpha value is -2.64. The molecule has 0 saturated carbocycles. The minimum absolute atomic E-state index is 0.162. The van der Waals surface area contributed by atoms with E-state index in [0.717, 1.165) is 6.07 Å². The topological polar surface area (TPSA) is 113 Å². The third-order valence-electron chi connectivity index (χ3n) is 2.50. The van der Waals surface area contributed by atoms with Crippen molar-refractivity contribution in [2.24, 2.45) is 0 Å². The highest BCUT2D eigenvalue weighted by Crippen LogP contribution is 2.17. The number of para-hydroxylation sites is 1. The first kappa shape index (κ1) is 16.4. The van der Waals surface area contributed by atoms with Gasteiger partial charge in [0.05, 0.1) is 6.42 Å². The summed E-state index contributed by atoms with van der Waals surface area (Å²) in [5, 5.41) is 19.4. The zero-order chi connectivity index (χ0) is 16.0. The molecule has 21 heavy (non-hydrogen) atoms. The van der Waals surface area contributed by atoms with Crippen LogP contribution in [0.3, 0.4) is 0 Å². The van der Waals surface area contributed by atoms with E-state index in [1.165, 1.54) is 25.1 Å². The van der Waals surface area contributed by atoms with Gasteiger partial charge in [0.1, 0.15) is 6.04 Å². The fourth-order valence-corrected chi connectivity index (χ4v) is 1.45. The Balaban J connectivity index is 2.67. The lowest BCUT2D eigenvalue weighted by molar-refractivity contribution is -0.147. The molecule has 0 aliphatic carbocycles. The maximum Gasteiger partial charge on any atom is 0.326 e. The maximum absolute atomic E-state index is 13.3. The number of ether oxygens (including phenoxy) is 1. The first-order valence-corrected chi connectivity index (χ1v) is 5.97. The van der Waals surface area contributed by atoms with Crippen LogP contribution in [0.1, 0.15) is 13.3 Å². The minimum Gasteiger partial charge on any atom is -0.481 e. The van der Waals surface area contributed by atoms with Gasteiger partial charge >= 0.3 is 11.9 Å². The lowest BCUT2D eigenvalue weighted by Crippen LogP contribution is -2.47. The summed E-state index contributed by atoms with van der Waals surface area (Å²) < 4.78 is 18.4. The molecule has 0 spiro atoms. The monoisotopic (exact) mass is 299 g/mol. The number of hydrogen-bond acceptors (Lipinski definition) is 4. The van der Waals surface area contributed by atoms with Crippen molar-refractivity contribution in [1.29, 1.82) is 0 Å². The number of rotatable bonds is 7. The number of carbonyl (C=O) groups is 3. The highest BCUT2D eigenvalue weighted by molar-refractivity contribution is 5.88. The Bertz CT molecular complexity index is 547. The summed E-state index contributed by atoms with van der Waals surface area (Å²) in [6.07, 6.45) is -1.95. The van der Waals surface area contributed by atoms with Crippen LogP contribution in [0.25, 0.3) is 0 Å². The van der Waals surface area contributed by atoms with E-state index < -0.39 is 42.2 Å². The third kappa shape index (κ3) is 5.09. The second-order valence-corrected chi connectivity index (χ2v) is 4.19. The molecule has 1 amide bonds. The molecule has 0 aromatic heterocycles. The number of carboxylic acids is 2. The van der Waals surface area contributed by atoms with E-state index in [1.807, 2.05) is 5.32 Å². The lowest BCUT2D eigenvalue weighted by atomic mass is 10.2. The van der Waals surface area contributed by atoms with Gasteiger partial charge in [-0.3, -0.25) is 9.59 Å². The molecule has 0 radical (unpaired) electrons. The average molecular weight is 299 g/mol. The Kier molecular flexibility index (Phi) is 5.65. The van der Waals surface area contributed by atoms with Crippen molar-refractivity contribution in [1.82, 2.24) is 5.32 Å². The highest BCUT2D eigenvalue weighted by Gasteiger charge is 2.26. The van der Waals surface area contributed by atoms with Crippen molar-refractivity contribution in [3.05, 3.63) is 30.1 Å². The van der Waals surface area contributed by atoms with E-state index >= 15 is 0 Å². The van der Waals surface area contributed by atoms with Gasteiger partial charge in [-0.25, -0.2) is 9.18 Å². The van der Waals surface area contributed by atoms with Crippen LogP contribution in [0, 0.1) is 5.82 Å². The molecule has 3 N–H and O–H groups in total. The molecule has 8 heteroatoms. The number of aliphatic carboxylic acids is 2. The summed E-state index contributed by atoms with van der Waals surface area (Å²) in [4.78, 5) is 33.1. The predicted octanol–water partition coefficient (Wildman–Crippen LogP) is 0.637. The number of amides is 1. The zero-order valence-electron chi connectivity index (χ0n) is 11.1. The van der Waals surface area contributed by atoms with Crippen molar-refractivity contribution in [3.63, 3.8) is 0 Å². The highest BCUT2D eigenvalue weighted by atomic mass is 19.1. The molecular weight excluding hydrogens is 285 g/mol. The summed E-state index contributed by atoms with van der Waals surface area (Å²) in [5.41, 5.74) is 0. The molecule has 0 aliphatic heterocycles. The molecule has 1 rings (SSSR count). The van der Waals surface area contributed by atoms with Crippen molar-refractivity contribution in [2.75, 3.05) is 0 Å². The molecule has 0 heterocycles. The normalized spacial score (nSPS) is 13.0. The molecule has 7 nitrogen and oxygen atoms in total. The van der Waals surface area contributed by atoms with Gasteiger partial charge in [-0.05, 0) is 19.1 Å². The number of nitrogens with one attached hydrogen (secondary N) is 1.